The fraction of sp³-hybridized carbons (Fsp3) is 0.286. The van der Waals surface area contributed by atoms with E-state index in [-0.39, 0.29) is 24.4 Å². The molecule has 4 N–H and O–H groups in total. The third-order valence-corrected chi connectivity index (χ3v) is 3.37. The van der Waals surface area contributed by atoms with Gasteiger partial charge in [-0.05, 0) is 24.3 Å². The third kappa shape index (κ3) is 3.40. The lowest BCUT2D eigenvalue weighted by atomic mass is 10.1. The minimum atomic E-state index is -1.13. The molecule has 2 rings (SSSR count). The summed E-state index contributed by atoms with van der Waals surface area (Å²) in [7, 11) is 0. The van der Waals surface area contributed by atoms with E-state index >= 15 is 0 Å². The van der Waals surface area contributed by atoms with Crippen LogP contribution < -0.4 is 16.0 Å². The van der Waals surface area contributed by atoms with Gasteiger partial charge in [0.25, 0.3) is 5.91 Å². The standard InChI is InChI=1S/C14H15N3O5/c15-13(21)9-5-11(18)17(7-9)10-3-1-8(2-4-10)14(22)16-6-12(19)20/h1-4,9H,5-7H2,(H2,15,21)(H,16,22)(H,19,20). The van der Waals surface area contributed by atoms with E-state index in [2.05, 4.69) is 5.32 Å². The second-order valence-electron chi connectivity index (χ2n) is 4.93. The van der Waals surface area contributed by atoms with E-state index in [0.717, 1.165) is 0 Å². The topological polar surface area (TPSA) is 130 Å². The maximum absolute atomic E-state index is 11.9. The Morgan fingerprint density at radius 1 is 1.27 bits per heavy atom. The molecule has 1 aromatic carbocycles. The highest BCUT2D eigenvalue weighted by Gasteiger charge is 2.33. The minimum Gasteiger partial charge on any atom is -0.480 e. The summed E-state index contributed by atoms with van der Waals surface area (Å²) in [5, 5.41) is 10.7. The van der Waals surface area contributed by atoms with Crippen LogP contribution in [-0.2, 0) is 14.4 Å². The van der Waals surface area contributed by atoms with Crippen LogP contribution >= 0.6 is 0 Å². The fourth-order valence-corrected chi connectivity index (χ4v) is 2.20. The third-order valence-electron chi connectivity index (χ3n) is 3.37. The highest BCUT2D eigenvalue weighted by Crippen LogP contribution is 2.25. The minimum absolute atomic E-state index is 0.0795. The van der Waals surface area contributed by atoms with Crippen LogP contribution in [0.2, 0.25) is 0 Å². The van der Waals surface area contributed by atoms with Crippen molar-refractivity contribution in [2.75, 3.05) is 18.0 Å². The van der Waals surface area contributed by atoms with Crippen molar-refractivity contribution in [3.8, 4) is 0 Å². The molecule has 1 aromatic rings. The number of carbonyl (C=O) groups is 4. The van der Waals surface area contributed by atoms with Crippen molar-refractivity contribution in [1.29, 1.82) is 0 Å². The number of benzene rings is 1. The smallest absolute Gasteiger partial charge is 0.322 e. The summed E-state index contributed by atoms with van der Waals surface area (Å²) >= 11 is 0. The highest BCUT2D eigenvalue weighted by atomic mass is 16.4. The first-order chi connectivity index (χ1) is 10.4. The van der Waals surface area contributed by atoms with Gasteiger partial charge in [-0.25, -0.2) is 0 Å². The Hall–Kier alpha value is -2.90. The SMILES string of the molecule is NC(=O)C1CC(=O)N(c2ccc(C(=O)NCC(=O)O)cc2)C1. The summed E-state index contributed by atoms with van der Waals surface area (Å²) in [5.74, 6) is -2.87. The van der Waals surface area contributed by atoms with Crippen LogP contribution in [0.15, 0.2) is 24.3 Å². The Bertz CT molecular complexity index is 626. The molecule has 0 saturated carbocycles. The Kier molecular flexibility index (Phi) is 4.40. The number of carbonyl (C=O) groups excluding carboxylic acids is 3. The van der Waals surface area contributed by atoms with Gasteiger partial charge in [-0.1, -0.05) is 0 Å². The molecule has 0 aromatic heterocycles. The van der Waals surface area contributed by atoms with E-state index in [4.69, 9.17) is 10.8 Å². The van der Waals surface area contributed by atoms with E-state index in [1.807, 2.05) is 0 Å². The molecular weight excluding hydrogens is 290 g/mol. The van der Waals surface area contributed by atoms with Gasteiger partial charge in [0, 0.05) is 24.2 Å². The quantitative estimate of drug-likeness (QED) is 0.665. The van der Waals surface area contributed by atoms with Crippen molar-refractivity contribution in [2.45, 2.75) is 6.42 Å². The lowest BCUT2D eigenvalue weighted by Crippen LogP contribution is -2.29. The van der Waals surface area contributed by atoms with Crippen molar-refractivity contribution in [1.82, 2.24) is 5.32 Å². The molecule has 116 valence electrons. The van der Waals surface area contributed by atoms with Gasteiger partial charge in [-0.2, -0.15) is 0 Å². The van der Waals surface area contributed by atoms with E-state index in [9.17, 15) is 19.2 Å². The molecule has 8 heteroatoms. The summed E-state index contributed by atoms with van der Waals surface area (Å²) in [5.41, 5.74) is 6.04. The number of amides is 3. The molecule has 1 unspecified atom stereocenters. The van der Waals surface area contributed by atoms with Gasteiger partial charge in [0.15, 0.2) is 0 Å². The number of anilines is 1. The number of rotatable bonds is 5. The normalized spacial score (nSPS) is 17.4. The predicted octanol–water partition coefficient (Wildman–Crippen LogP) is -0.661. The molecule has 1 heterocycles. The molecule has 22 heavy (non-hydrogen) atoms. The summed E-state index contributed by atoms with van der Waals surface area (Å²) in [6.07, 6.45) is 0.0795. The monoisotopic (exact) mass is 305 g/mol. The van der Waals surface area contributed by atoms with Crippen LogP contribution in [0.5, 0.6) is 0 Å². The van der Waals surface area contributed by atoms with Crippen LogP contribution in [0, 0.1) is 5.92 Å². The van der Waals surface area contributed by atoms with E-state index in [1.165, 1.54) is 17.0 Å². The second kappa shape index (κ2) is 6.25. The zero-order valence-corrected chi connectivity index (χ0v) is 11.6. The molecule has 3 amide bonds. The largest absolute Gasteiger partial charge is 0.480 e. The maximum Gasteiger partial charge on any atom is 0.322 e. The summed E-state index contributed by atoms with van der Waals surface area (Å²) in [6.45, 7) is -0.246. The van der Waals surface area contributed by atoms with Crippen LogP contribution in [0.4, 0.5) is 5.69 Å². The number of hydrogen-bond acceptors (Lipinski definition) is 4. The van der Waals surface area contributed by atoms with Crippen molar-refractivity contribution >= 4 is 29.4 Å². The molecule has 8 nitrogen and oxygen atoms in total. The van der Waals surface area contributed by atoms with Gasteiger partial charge in [0.1, 0.15) is 6.54 Å². The van der Waals surface area contributed by atoms with Gasteiger partial charge < -0.3 is 21.1 Å². The number of carboxylic acids is 1. The van der Waals surface area contributed by atoms with Crippen molar-refractivity contribution in [2.24, 2.45) is 11.7 Å². The van der Waals surface area contributed by atoms with E-state index in [0.29, 0.717) is 5.69 Å². The van der Waals surface area contributed by atoms with Gasteiger partial charge in [-0.15, -0.1) is 0 Å². The molecule has 1 atom stereocenters. The Morgan fingerprint density at radius 2 is 1.91 bits per heavy atom. The molecule has 1 saturated heterocycles. The van der Waals surface area contributed by atoms with Gasteiger partial charge >= 0.3 is 5.97 Å². The van der Waals surface area contributed by atoms with Gasteiger partial charge in [0.05, 0.1) is 5.92 Å². The summed E-state index contributed by atoms with van der Waals surface area (Å²) < 4.78 is 0. The molecule has 0 spiro atoms. The van der Waals surface area contributed by atoms with Crippen LogP contribution in [0.25, 0.3) is 0 Å². The number of nitrogens with one attached hydrogen (secondary N) is 1. The molecular formula is C14H15N3O5. The molecule has 1 aliphatic heterocycles. The second-order valence-corrected chi connectivity index (χ2v) is 4.93. The van der Waals surface area contributed by atoms with Crippen LogP contribution in [0.3, 0.4) is 0 Å². The zero-order chi connectivity index (χ0) is 16.3. The Morgan fingerprint density at radius 3 is 2.41 bits per heavy atom. The number of aliphatic carboxylic acids is 1. The lowest BCUT2D eigenvalue weighted by molar-refractivity contribution is -0.135. The van der Waals surface area contributed by atoms with Crippen LogP contribution in [-0.4, -0.2) is 41.9 Å². The summed E-state index contributed by atoms with van der Waals surface area (Å²) in [4.78, 5) is 46.5. The van der Waals surface area contributed by atoms with Crippen molar-refractivity contribution < 1.29 is 24.3 Å². The maximum atomic E-state index is 11.9. The number of nitrogens with two attached hydrogens (primary N) is 1. The van der Waals surface area contributed by atoms with Gasteiger partial charge in [-0.3, -0.25) is 19.2 Å². The van der Waals surface area contributed by atoms with Gasteiger partial charge in [0.2, 0.25) is 11.8 Å². The first-order valence-electron chi connectivity index (χ1n) is 6.58. The lowest BCUT2D eigenvalue weighted by Gasteiger charge is -2.16. The predicted molar refractivity (Wildman–Crippen MR) is 76.1 cm³/mol. The van der Waals surface area contributed by atoms with Crippen molar-refractivity contribution in [3.63, 3.8) is 0 Å². The van der Waals surface area contributed by atoms with Crippen LogP contribution in [0.1, 0.15) is 16.8 Å². The van der Waals surface area contributed by atoms with E-state index in [1.54, 1.807) is 12.1 Å². The average Bonchev–Trinajstić information content (AvgIpc) is 2.87. The zero-order valence-electron chi connectivity index (χ0n) is 11.6. The molecule has 0 bridgehead atoms. The van der Waals surface area contributed by atoms with Crippen molar-refractivity contribution in [3.05, 3.63) is 29.8 Å². The summed E-state index contributed by atoms with van der Waals surface area (Å²) in [6, 6.07) is 6.10. The van der Waals surface area contributed by atoms with E-state index < -0.39 is 30.2 Å². The molecule has 0 aliphatic carbocycles. The Balaban J connectivity index is 2.06. The number of carboxylic acid groups (broad SMARTS) is 1. The number of primary amides is 1. The molecule has 1 aliphatic rings. The number of nitrogens with zero attached hydrogens (tertiary/aromatic N) is 1. The Labute approximate surface area is 125 Å². The first kappa shape index (κ1) is 15.5. The molecule has 0 radical (unpaired) electrons. The average molecular weight is 305 g/mol. The highest BCUT2D eigenvalue weighted by molar-refractivity contribution is 6.01. The fourth-order valence-electron chi connectivity index (χ4n) is 2.20. The first-order valence-corrected chi connectivity index (χ1v) is 6.58. The number of hydrogen-bond donors (Lipinski definition) is 3. The molecule has 1 fully saturated rings.